The highest BCUT2D eigenvalue weighted by Crippen LogP contribution is 2.55. The number of anilines is 6. The number of hydrogen-bond acceptors (Lipinski definition) is 5. The number of benzene rings is 15. The fourth-order valence-corrected chi connectivity index (χ4v) is 17.6. The third-order valence-electron chi connectivity index (χ3n) is 24.1. The van der Waals surface area contributed by atoms with Gasteiger partial charge in [0.15, 0.2) is 17.5 Å². The highest BCUT2D eigenvalue weighted by molar-refractivity contribution is 7.00. The molecule has 0 radical (unpaired) electrons. The van der Waals surface area contributed by atoms with Crippen LogP contribution in [0.5, 0.6) is 0 Å². The molecule has 0 saturated carbocycles. The number of hydrogen-bond donors (Lipinski definition) is 0. The quantitative estimate of drug-likeness (QED) is 0.121. The van der Waals surface area contributed by atoms with E-state index in [9.17, 15) is 21.9 Å². The molecule has 8 heteroatoms. The maximum atomic E-state index is 10.4. The summed E-state index contributed by atoms with van der Waals surface area (Å²) in [6, 6.07) is 65.9. The lowest BCUT2D eigenvalue weighted by atomic mass is 9.33. The van der Waals surface area contributed by atoms with Gasteiger partial charge in [0.05, 0.1) is 63.8 Å². The summed E-state index contributed by atoms with van der Waals surface area (Å²) in [6.45, 7) is 31.9. The fraction of sp³-hybridized carbons (Fsp3) is 0.177. The van der Waals surface area contributed by atoms with Gasteiger partial charge in [-0.2, -0.15) is 0 Å². The van der Waals surface area contributed by atoms with Gasteiger partial charge in [-0.25, -0.2) is 15.0 Å². The Kier molecular flexibility index (Phi) is 13.8. The summed E-state index contributed by atoms with van der Waals surface area (Å²) in [4.78, 5) is 20.1. The highest BCUT2D eigenvalue weighted by Gasteiger charge is 2.46. The molecule has 15 aromatic carbocycles. The maximum Gasteiger partial charge on any atom is 0.252 e. The molecule has 3 aromatic heterocycles. The van der Waals surface area contributed by atoms with E-state index in [1.54, 1.807) is 4.57 Å². The summed E-state index contributed by atoms with van der Waals surface area (Å²) in [6.07, 6.45) is 0. The third-order valence-corrected chi connectivity index (χ3v) is 24.1. The van der Waals surface area contributed by atoms with Crippen LogP contribution in [0.4, 0.5) is 34.1 Å². The van der Waals surface area contributed by atoms with Gasteiger partial charge < -0.3 is 18.9 Å². The van der Waals surface area contributed by atoms with Gasteiger partial charge in [-0.3, -0.25) is 0 Å². The summed E-state index contributed by atoms with van der Waals surface area (Å²) in [5, 5.41) is 1.68. The van der Waals surface area contributed by atoms with Crippen molar-refractivity contribution in [2.24, 2.45) is 0 Å². The minimum atomic E-state index is -0.815. The molecule has 18 aromatic rings. The molecular formula is C113H100BN7. The smallest absolute Gasteiger partial charge is 0.252 e. The topological polar surface area (TPSA) is 55.0 Å². The van der Waals surface area contributed by atoms with Crippen molar-refractivity contribution in [2.75, 3.05) is 9.80 Å². The van der Waals surface area contributed by atoms with Crippen LogP contribution in [0, 0.1) is 0 Å². The summed E-state index contributed by atoms with van der Waals surface area (Å²) >= 11 is 0. The van der Waals surface area contributed by atoms with Gasteiger partial charge in [0, 0.05) is 77.8 Å². The Morgan fingerprint density at radius 2 is 0.678 bits per heavy atom. The van der Waals surface area contributed by atoms with Crippen molar-refractivity contribution in [1.29, 1.82) is 0 Å². The normalized spacial score (nSPS) is 15.1. The highest BCUT2D eigenvalue weighted by atomic mass is 15.2. The van der Waals surface area contributed by atoms with Gasteiger partial charge in [-0.05, 0) is 196 Å². The SMILES string of the molecule is [2H]c1c([2H])c([2H])c(-c2nc(-c3cc(C(C)(C)C)cc(-c4ccccc4)c3N3c4cc(-n5c6ccc(C(C)(C)C)cc6c6cc(C(C)(C)C)ccc65)ccc4B4c5ccc(-c6cc(C(C)(C)C)cc(C(C)(C)C)c6)cc5N(c5ccc(-c6ccccc6)cc5-c5ccccc5)c5cc(-n6c7c([2H])c([2H])c([2H])c([2H])c7c7c([2H])c([2H])c([2H])c([2H])c76)cc3c54)nc(-c3c([2H])c([2H])c([2H])c([2H])c3[2H])n2)c([2H])c1[2H]. The largest absolute Gasteiger partial charge is 0.311 e. The van der Waals surface area contributed by atoms with E-state index < -0.39 is 144 Å². The summed E-state index contributed by atoms with van der Waals surface area (Å²) in [7, 11) is 0. The molecule has 0 atom stereocenters. The average Bonchev–Trinajstić information content (AvgIpc) is 1.64. The zero-order chi connectivity index (χ0) is 99.0. The van der Waals surface area contributed by atoms with Crippen molar-refractivity contribution >= 4 is 101 Å². The zero-order valence-electron chi connectivity index (χ0n) is 88.6. The first-order valence-corrected chi connectivity index (χ1v) is 41.4. The Hall–Kier alpha value is -13.4. The summed E-state index contributed by atoms with van der Waals surface area (Å²) in [5.74, 6) is -1.26. The van der Waals surface area contributed by atoms with Crippen LogP contribution in [0.1, 0.15) is 156 Å². The van der Waals surface area contributed by atoms with Crippen LogP contribution in [0.3, 0.4) is 0 Å². The molecule has 7 nitrogen and oxygen atoms in total. The molecule has 0 fully saturated rings. The predicted octanol–water partition coefficient (Wildman–Crippen LogP) is 28.3. The van der Waals surface area contributed by atoms with Crippen molar-refractivity contribution < 1.29 is 24.7 Å². The lowest BCUT2D eigenvalue weighted by molar-refractivity contribution is 0.569. The van der Waals surface area contributed by atoms with Crippen LogP contribution in [0.2, 0.25) is 0 Å². The number of rotatable bonds is 11. The van der Waals surface area contributed by atoms with Crippen molar-refractivity contribution in [1.82, 2.24) is 24.1 Å². The first-order chi connectivity index (χ1) is 65.6. The molecule has 0 bridgehead atoms. The van der Waals surface area contributed by atoms with Gasteiger partial charge in [-0.15, -0.1) is 0 Å². The van der Waals surface area contributed by atoms with Crippen LogP contribution in [0.25, 0.3) is 134 Å². The predicted molar refractivity (Wildman–Crippen MR) is 514 cm³/mol. The van der Waals surface area contributed by atoms with E-state index in [1.165, 1.54) is 0 Å². The molecule has 0 saturated heterocycles. The van der Waals surface area contributed by atoms with Crippen LogP contribution < -0.4 is 26.2 Å². The van der Waals surface area contributed by atoms with Gasteiger partial charge in [0.1, 0.15) is 0 Å². The van der Waals surface area contributed by atoms with Gasteiger partial charge >= 0.3 is 0 Å². The molecule has 0 unspecified atom stereocenters. The fourth-order valence-electron chi connectivity index (χ4n) is 17.6. The van der Waals surface area contributed by atoms with E-state index in [0.717, 1.165) is 94.1 Å². The lowest BCUT2D eigenvalue weighted by Crippen LogP contribution is -2.61. The molecule has 0 amide bonds. The molecule has 2 aliphatic heterocycles. The zero-order valence-corrected chi connectivity index (χ0v) is 70.6. The number of para-hydroxylation sites is 2. The average molecular weight is 1590 g/mol. The molecule has 0 aliphatic carbocycles. The molecule has 0 N–H and O–H groups in total. The van der Waals surface area contributed by atoms with E-state index >= 15 is 0 Å². The second-order valence-electron chi connectivity index (χ2n) is 37.2. The number of fused-ring (bicyclic) bond motifs is 10. The first-order valence-electron chi connectivity index (χ1n) is 50.4. The van der Waals surface area contributed by atoms with Gasteiger partial charge in [-0.1, -0.05) is 346 Å². The molecule has 20 rings (SSSR count). The minimum Gasteiger partial charge on any atom is -0.311 e. The van der Waals surface area contributed by atoms with Gasteiger partial charge in [0.25, 0.3) is 6.71 Å². The van der Waals surface area contributed by atoms with Crippen LogP contribution in [-0.4, -0.2) is 30.8 Å². The van der Waals surface area contributed by atoms with E-state index in [0.29, 0.717) is 56.3 Å². The molecule has 590 valence electrons. The van der Waals surface area contributed by atoms with Crippen LogP contribution >= 0.6 is 0 Å². The Morgan fingerprint density at radius 1 is 0.256 bits per heavy atom. The Morgan fingerprint density at radius 3 is 1.21 bits per heavy atom. The van der Waals surface area contributed by atoms with Crippen molar-refractivity contribution in [2.45, 2.75) is 131 Å². The molecule has 2 aliphatic rings. The van der Waals surface area contributed by atoms with E-state index in [4.69, 9.17) is 17.7 Å². The summed E-state index contributed by atoms with van der Waals surface area (Å²) < 4.78 is 177. The Labute approximate surface area is 737 Å². The Balaban J connectivity index is 1.05. The minimum absolute atomic E-state index is 0.154. The van der Waals surface area contributed by atoms with E-state index in [1.807, 2.05) is 106 Å². The Bertz CT molecular complexity index is 8000. The van der Waals surface area contributed by atoms with Crippen molar-refractivity contribution in [3.8, 4) is 90.0 Å². The van der Waals surface area contributed by atoms with Crippen molar-refractivity contribution in [3.63, 3.8) is 0 Å². The second-order valence-corrected chi connectivity index (χ2v) is 37.2. The third kappa shape index (κ3) is 13.3. The van der Waals surface area contributed by atoms with Crippen molar-refractivity contribution in [3.05, 3.63) is 361 Å². The van der Waals surface area contributed by atoms with E-state index in [-0.39, 0.29) is 60.5 Å². The van der Waals surface area contributed by atoms with E-state index in [2.05, 4.69) is 237 Å². The lowest BCUT2D eigenvalue weighted by Gasteiger charge is -2.46. The standard InChI is InChI=1S/C113H100BN7/c1-109(2,3)79-51-57-98-90(64-79)91-65-80(110(4,5)6)52-58-99(91)118(98)84-53-55-94-101(68-84)121(105-89(73-39-25-18-26-40-73)66-83(113(13,14)15)67-92(105)108-116-106(74-41-27-19-28-42-74)115-107(117-108)75-43-29-20-30-44-75)103-70-85(119-95-47-33-31-45-86(95)87-46-32-34-48-96(87)119)69-102-104(103)114(94)93-54-49-77(78-59-81(111(7,8)9)63-82(60-78)112(10,11)12)62-100(93)120(102)97-56-50-76(71-35-21-16-22-36-71)61-88(97)72-37-23-17-24-38-72/h16-70H,1-15H3/i19D,20D,27D,28D,29D,30D,31D,32D,33D,34D,41D,42D,43D,44D,45D,46D,47D,48D. The van der Waals surface area contributed by atoms with Gasteiger partial charge in [0.2, 0.25) is 0 Å². The summed E-state index contributed by atoms with van der Waals surface area (Å²) in [5.41, 5.74) is 16.6. The van der Waals surface area contributed by atoms with Crippen LogP contribution in [0.15, 0.2) is 333 Å². The molecule has 121 heavy (non-hydrogen) atoms. The number of aromatic nitrogens is 5. The first kappa shape index (κ1) is 58.5. The molecular weight excluding hydrogens is 1470 g/mol. The number of nitrogens with zero attached hydrogens (tertiary/aromatic N) is 7. The molecule has 5 heterocycles. The monoisotopic (exact) mass is 1580 g/mol. The van der Waals surface area contributed by atoms with Crippen LogP contribution in [-0.2, 0) is 27.1 Å². The molecule has 0 spiro atoms. The second kappa shape index (κ2) is 28.7. The maximum absolute atomic E-state index is 10.4.